The lowest BCUT2D eigenvalue weighted by Crippen LogP contribution is -2.20. The molecule has 0 aromatic heterocycles. The number of nitrogens with one attached hydrogen (secondary N) is 1. The van der Waals surface area contributed by atoms with Crippen LogP contribution < -0.4 is 5.48 Å². The highest BCUT2D eigenvalue weighted by molar-refractivity contribution is 7.53. The zero-order valence-electron chi connectivity index (χ0n) is 7.78. The van der Waals surface area contributed by atoms with E-state index < -0.39 is 13.5 Å². The summed E-state index contributed by atoms with van der Waals surface area (Å²) < 4.78 is 20.8. The fourth-order valence-corrected chi connectivity index (χ4v) is 1.73. The average Bonchev–Trinajstić information content (AvgIpc) is 2.15. The Balaban J connectivity index is 4.04. The standard InChI is InChI=1S/C7H14NO4P/c1-4-6-13(10,11-3)12-8-7(9)5-2/h5H,2,4,6H2,1,3H3,(H,8,9). The third-order valence-corrected chi connectivity index (χ3v) is 3.17. The van der Waals surface area contributed by atoms with Crippen molar-refractivity contribution in [1.29, 1.82) is 0 Å². The Bertz CT molecular complexity index is 229. The monoisotopic (exact) mass is 207 g/mol. The largest absolute Gasteiger partial charge is 0.351 e. The van der Waals surface area contributed by atoms with Gasteiger partial charge in [0.05, 0.1) is 6.16 Å². The molecule has 0 saturated heterocycles. The highest BCUT2D eigenvalue weighted by Gasteiger charge is 2.22. The van der Waals surface area contributed by atoms with E-state index in [0.29, 0.717) is 6.42 Å². The van der Waals surface area contributed by atoms with Crippen molar-refractivity contribution in [3.05, 3.63) is 12.7 Å². The van der Waals surface area contributed by atoms with Crippen molar-refractivity contribution >= 4 is 13.5 Å². The summed E-state index contributed by atoms with van der Waals surface area (Å²) >= 11 is 0. The minimum absolute atomic E-state index is 0.265. The molecule has 1 atom stereocenters. The SMILES string of the molecule is C=CC(=O)NOP(=O)(CCC)OC. The van der Waals surface area contributed by atoms with Gasteiger partial charge in [-0.2, -0.15) is 4.62 Å². The fourth-order valence-electron chi connectivity index (χ4n) is 0.604. The van der Waals surface area contributed by atoms with Crippen LogP contribution in [-0.4, -0.2) is 19.2 Å². The maximum absolute atomic E-state index is 11.5. The molecule has 76 valence electrons. The zero-order chi connectivity index (χ0) is 10.3. The van der Waals surface area contributed by atoms with E-state index >= 15 is 0 Å². The van der Waals surface area contributed by atoms with E-state index in [1.54, 1.807) is 0 Å². The first-order valence-corrected chi connectivity index (χ1v) is 5.56. The van der Waals surface area contributed by atoms with Gasteiger partial charge in [-0.05, 0) is 12.5 Å². The number of hydrogen-bond donors (Lipinski definition) is 1. The fraction of sp³-hybridized carbons (Fsp3) is 0.571. The van der Waals surface area contributed by atoms with E-state index in [-0.39, 0.29) is 6.16 Å². The summed E-state index contributed by atoms with van der Waals surface area (Å²) in [7, 11) is -1.87. The molecule has 0 aliphatic rings. The molecular formula is C7H14NO4P. The van der Waals surface area contributed by atoms with Gasteiger partial charge in [-0.15, -0.1) is 0 Å². The molecular weight excluding hydrogens is 193 g/mol. The van der Waals surface area contributed by atoms with Gasteiger partial charge in [0.15, 0.2) is 0 Å². The third-order valence-electron chi connectivity index (χ3n) is 1.25. The molecule has 1 amide bonds. The predicted molar refractivity (Wildman–Crippen MR) is 49.2 cm³/mol. The number of hydrogen-bond acceptors (Lipinski definition) is 4. The van der Waals surface area contributed by atoms with Crippen LogP contribution in [0, 0.1) is 0 Å². The van der Waals surface area contributed by atoms with Gasteiger partial charge < -0.3 is 4.52 Å². The summed E-state index contributed by atoms with van der Waals surface area (Å²) in [4.78, 5) is 10.6. The van der Waals surface area contributed by atoms with Gasteiger partial charge >= 0.3 is 7.60 Å². The second-order valence-electron chi connectivity index (χ2n) is 2.28. The number of hydroxylamine groups is 1. The van der Waals surface area contributed by atoms with Crippen LogP contribution in [0.4, 0.5) is 0 Å². The van der Waals surface area contributed by atoms with Crippen LogP contribution in [0.15, 0.2) is 12.7 Å². The topological polar surface area (TPSA) is 64.6 Å². The van der Waals surface area contributed by atoms with Crippen molar-refractivity contribution in [1.82, 2.24) is 5.48 Å². The van der Waals surface area contributed by atoms with E-state index in [1.165, 1.54) is 7.11 Å². The minimum Gasteiger partial charge on any atom is -0.311 e. The van der Waals surface area contributed by atoms with Gasteiger partial charge in [0.25, 0.3) is 5.91 Å². The Hall–Kier alpha value is -0.640. The molecule has 5 nitrogen and oxygen atoms in total. The van der Waals surface area contributed by atoms with Crippen LogP contribution in [-0.2, 0) is 18.5 Å². The number of amides is 1. The zero-order valence-corrected chi connectivity index (χ0v) is 8.67. The summed E-state index contributed by atoms with van der Waals surface area (Å²) in [5.41, 5.74) is 1.96. The predicted octanol–water partition coefficient (Wildman–Crippen LogP) is 1.47. The molecule has 0 aliphatic carbocycles. The molecule has 6 heteroatoms. The highest BCUT2D eigenvalue weighted by atomic mass is 31.2. The number of rotatable bonds is 6. The summed E-state index contributed by atoms with van der Waals surface area (Å²) in [6, 6.07) is 0. The van der Waals surface area contributed by atoms with Crippen LogP contribution in [0.25, 0.3) is 0 Å². The van der Waals surface area contributed by atoms with Crippen molar-refractivity contribution in [2.24, 2.45) is 0 Å². The van der Waals surface area contributed by atoms with Gasteiger partial charge in [-0.25, -0.2) is 5.48 Å². The second-order valence-corrected chi connectivity index (χ2v) is 4.50. The van der Waals surface area contributed by atoms with E-state index in [0.717, 1.165) is 6.08 Å². The third kappa shape index (κ3) is 4.83. The first-order chi connectivity index (χ1) is 6.08. The molecule has 0 heterocycles. The second kappa shape index (κ2) is 5.91. The molecule has 13 heavy (non-hydrogen) atoms. The van der Waals surface area contributed by atoms with Gasteiger partial charge in [-0.3, -0.25) is 9.36 Å². The van der Waals surface area contributed by atoms with Gasteiger partial charge in [0, 0.05) is 7.11 Å². The molecule has 0 aliphatic heterocycles. The molecule has 1 unspecified atom stereocenters. The summed E-state index contributed by atoms with van der Waals surface area (Å²) in [6.45, 7) is 5.05. The first kappa shape index (κ1) is 12.4. The molecule has 0 aromatic carbocycles. The van der Waals surface area contributed by atoms with E-state index in [9.17, 15) is 9.36 Å². The van der Waals surface area contributed by atoms with Crippen molar-refractivity contribution in [3.8, 4) is 0 Å². The Morgan fingerprint density at radius 1 is 1.69 bits per heavy atom. The molecule has 1 N–H and O–H groups in total. The summed E-state index contributed by atoms with van der Waals surface area (Å²) in [6.07, 6.45) is 1.93. The van der Waals surface area contributed by atoms with Gasteiger partial charge in [0.2, 0.25) is 0 Å². The number of carbonyl (C=O) groups is 1. The van der Waals surface area contributed by atoms with Crippen LogP contribution in [0.5, 0.6) is 0 Å². The molecule has 0 rings (SSSR count). The van der Waals surface area contributed by atoms with Gasteiger partial charge in [-0.1, -0.05) is 13.5 Å². The maximum atomic E-state index is 11.5. The Morgan fingerprint density at radius 3 is 2.69 bits per heavy atom. The normalized spacial score (nSPS) is 14.6. The maximum Gasteiger partial charge on any atom is 0.351 e. The van der Waals surface area contributed by atoms with Crippen LogP contribution >= 0.6 is 7.60 Å². The average molecular weight is 207 g/mol. The molecule has 0 bridgehead atoms. The lowest BCUT2D eigenvalue weighted by Gasteiger charge is -2.14. The molecule has 0 radical (unpaired) electrons. The van der Waals surface area contributed by atoms with E-state index in [2.05, 4.69) is 15.7 Å². The summed E-state index contributed by atoms with van der Waals surface area (Å²) in [5, 5.41) is 0. The van der Waals surface area contributed by atoms with Gasteiger partial charge in [0.1, 0.15) is 0 Å². The quantitative estimate of drug-likeness (QED) is 0.407. The lowest BCUT2D eigenvalue weighted by atomic mass is 10.6. The number of carbonyl (C=O) groups excluding carboxylic acids is 1. The Labute approximate surface area is 77.6 Å². The summed E-state index contributed by atoms with van der Waals surface area (Å²) in [5.74, 6) is -0.548. The molecule has 0 spiro atoms. The highest BCUT2D eigenvalue weighted by Crippen LogP contribution is 2.46. The van der Waals surface area contributed by atoms with Crippen molar-refractivity contribution < 1.29 is 18.5 Å². The van der Waals surface area contributed by atoms with Crippen molar-refractivity contribution in [2.75, 3.05) is 13.3 Å². The van der Waals surface area contributed by atoms with Crippen LogP contribution in [0.1, 0.15) is 13.3 Å². The smallest absolute Gasteiger partial charge is 0.311 e. The minimum atomic E-state index is -3.15. The lowest BCUT2D eigenvalue weighted by molar-refractivity contribution is -0.123. The Morgan fingerprint density at radius 2 is 2.31 bits per heavy atom. The van der Waals surface area contributed by atoms with Crippen molar-refractivity contribution in [2.45, 2.75) is 13.3 Å². The molecule has 0 fully saturated rings. The van der Waals surface area contributed by atoms with Crippen molar-refractivity contribution in [3.63, 3.8) is 0 Å². The van der Waals surface area contributed by atoms with E-state index in [4.69, 9.17) is 0 Å². The first-order valence-electron chi connectivity index (χ1n) is 3.83. The van der Waals surface area contributed by atoms with E-state index in [1.807, 2.05) is 12.4 Å². The van der Waals surface area contributed by atoms with Crippen LogP contribution in [0.2, 0.25) is 0 Å². The van der Waals surface area contributed by atoms with Crippen LogP contribution in [0.3, 0.4) is 0 Å². The Kier molecular flexibility index (Phi) is 5.62. The molecule has 0 saturated carbocycles. The molecule has 0 aromatic rings.